The van der Waals surface area contributed by atoms with Crippen LogP contribution in [0.2, 0.25) is 0 Å². The van der Waals surface area contributed by atoms with Gasteiger partial charge in [0.05, 0.1) is 0 Å². The van der Waals surface area contributed by atoms with Crippen LogP contribution < -0.4 is 10.6 Å². The Kier molecular flexibility index (Phi) is 4.78. The summed E-state index contributed by atoms with van der Waals surface area (Å²) in [6.45, 7) is 2.91. The van der Waals surface area contributed by atoms with Gasteiger partial charge < -0.3 is 15.5 Å². The molecule has 1 aliphatic carbocycles. The summed E-state index contributed by atoms with van der Waals surface area (Å²) in [5.74, 6) is 0.876. The molecule has 2 unspecified atom stereocenters. The molecular weight excluding hydrogens is 266 g/mol. The zero-order valence-corrected chi connectivity index (χ0v) is 12.8. The van der Waals surface area contributed by atoms with Crippen molar-refractivity contribution in [3.63, 3.8) is 0 Å². The van der Waals surface area contributed by atoms with E-state index in [1.807, 2.05) is 4.90 Å². The number of carbonyl (C=O) groups is 2. The van der Waals surface area contributed by atoms with Gasteiger partial charge in [-0.25, -0.2) is 0 Å². The first-order valence-electron chi connectivity index (χ1n) is 8.54. The van der Waals surface area contributed by atoms with Crippen LogP contribution in [0.25, 0.3) is 0 Å². The maximum Gasteiger partial charge on any atom is 0.243 e. The maximum atomic E-state index is 12.4. The molecule has 2 N–H and O–H groups in total. The monoisotopic (exact) mass is 293 g/mol. The first-order chi connectivity index (χ1) is 10.2. The van der Waals surface area contributed by atoms with Crippen LogP contribution in [0.15, 0.2) is 0 Å². The molecule has 3 aliphatic rings. The molecule has 0 aromatic rings. The van der Waals surface area contributed by atoms with Crippen molar-refractivity contribution in [1.29, 1.82) is 0 Å². The topological polar surface area (TPSA) is 61.4 Å². The fraction of sp³-hybridized carbons (Fsp3) is 0.875. The number of amides is 2. The molecule has 0 spiro atoms. The Morgan fingerprint density at radius 2 is 2.00 bits per heavy atom. The Balaban J connectivity index is 1.46. The van der Waals surface area contributed by atoms with E-state index in [4.69, 9.17) is 0 Å². The average Bonchev–Trinajstić information content (AvgIpc) is 3.18. The van der Waals surface area contributed by atoms with Crippen molar-refractivity contribution in [2.24, 2.45) is 5.92 Å². The van der Waals surface area contributed by atoms with Gasteiger partial charge in [-0.15, -0.1) is 0 Å². The second-order valence-electron chi connectivity index (χ2n) is 6.78. The van der Waals surface area contributed by atoms with Gasteiger partial charge in [0.2, 0.25) is 11.8 Å². The van der Waals surface area contributed by atoms with E-state index in [-0.39, 0.29) is 17.9 Å². The fourth-order valence-corrected chi connectivity index (χ4v) is 3.50. The van der Waals surface area contributed by atoms with Crippen molar-refractivity contribution >= 4 is 11.8 Å². The van der Waals surface area contributed by atoms with E-state index in [2.05, 4.69) is 10.6 Å². The van der Waals surface area contributed by atoms with Gasteiger partial charge >= 0.3 is 0 Å². The van der Waals surface area contributed by atoms with Crippen LogP contribution in [0.1, 0.15) is 51.4 Å². The molecule has 0 aromatic heterocycles. The molecule has 118 valence electrons. The summed E-state index contributed by atoms with van der Waals surface area (Å²) in [6.07, 6.45) is 7.98. The zero-order valence-electron chi connectivity index (χ0n) is 12.8. The van der Waals surface area contributed by atoms with Crippen molar-refractivity contribution in [2.75, 3.05) is 19.6 Å². The summed E-state index contributed by atoms with van der Waals surface area (Å²) in [6, 6.07) is 0.172. The fourth-order valence-electron chi connectivity index (χ4n) is 3.50. The van der Waals surface area contributed by atoms with E-state index < -0.39 is 0 Å². The summed E-state index contributed by atoms with van der Waals surface area (Å²) >= 11 is 0. The number of nitrogens with one attached hydrogen (secondary N) is 2. The first kappa shape index (κ1) is 14.8. The number of hydrogen-bond donors (Lipinski definition) is 2. The minimum absolute atomic E-state index is 0.0719. The number of hydrogen-bond acceptors (Lipinski definition) is 3. The Morgan fingerprint density at radius 3 is 2.71 bits per heavy atom. The Morgan fingerprint density at radius 1 is 1.14 bits per heavy atom. The molecule has 2 atom stereocenters. The summed E-state index contributed by atoms with van der Waals surface area (Å²) in [4.78, 5) is 26.5. The lowest BCUT2D eigenvalue weighted by Crippen LogP contribution is -2.46. The quantitative estimate of drug-likeness (QED) is 0.796. The molecular formula is C16H27N3O2. The molecule has 2 amide bonds. The Bertz CT molecular complexity index is 389. The highest BCUT2D eigenvalue weighted by atomic mass is 16.2. The zero-order chi connectivity index (χ0) is 14.7. The van der Waals surface area contributed by atoms with Crippen molar-refractivity contribution in [3.8, 4) is 0 Å². The van der Waals surface area contributed by atoms with Crippen LogP contribution in [0.4, 0.5) is 0 Å². The lowest BCUT2D eigenvalue weighted by Gasteiger charge is -2.26. The molecule has 0 radical (unpaired) electrons. The second-order valence-corrected chi connectivity index (χ2v) is 6.78. The number of rotatable bonds is 5. The van der Waals surface area contributed by atoms with Crippen molar-refractivity contribution in [2.45, 2.75) is 63.5 Å². The third-order valence-electron chi connectivity index (χ3n) is 4.96. The van der Waals surface area contributed by atoms with Crippen molar-refractivity contribution in [3.05, 3.63) is 0 Å². The largest absolute Gasteiger partial charge is 0.352 e. The normalized spacial score (nSPS) is 29.4. The lowest BCUT2D eigenvalue weighted by molar-refractivity contribution is -0.138. The maximum absolute atomic E-state index is 12.4. The molecule has 0 bridgehead atoms. The number of likely N-dealkylation sites (tertiary alicyclic amines) is 1. The number of carbonyl (C=O) groups excluding carboxylic acids is 2. The van der Waals surface area contributed by atoms with Gasteiger partial charge in [-0.05, 0) is 64.0 Å². The number of piperidine rings is 1. The van der Waals surface area contributed by atoms with E-state index in [1.54, 1.807) is 0 Å². The van der Waals surface area contributed by atoms with Crippen LogP contribution in [0.5, 0.6) is 0 Å². The molecule has 21 heavy (non-hydrogen) atoms. The standard InChI is InChI=1S/C16H27N3O2/c20-15(8-5-12-3-1-9-17-11-12)19-10-2-4-14(19)16(21)18-13-6-7-13/h12-14,17H,1-11H2,(H,18,21). The van der Waals surface area contributed by atoms with Crippen LogP contribution in [-0.2, 0) is 9.59 Å². The predicted molar refractivity (Wildman–Crippen MR) is 80.7 cm³/mol. The van der Waals surface area contributed by atoms with E-state index in [0.717, 1.165) is 51.7 Å². The predicted octanol–water partition coefficient (Wildman–Crippen LogP) is 1.04. The van der Waals surface area contributed by atoms with Gasteiger partial charge in [-0.1, -0.05) is 0 Å². The summed E-state index contributed by atoms with van der Waals surface area (Å²) in [5.41, 5.74) is 0. The molecule has 1 saturated carbocycles. The Hall–Kier alpha value is -1.10. The minimum Gasteiger partial charge on any atom is -0.352 e. The smallest absolute Gasteiger partial charge is 0.243 e. The van der Waals surface area contributed by atoms with Gasteiger partial charge in [-0.2, -0.15) is 0 Å². The first-order valence-corrected chi connectivity index (χ1v) is 8.54. The van der Waals surface area contributed by atoms with Crippen LogP contribution in [0.3, 0.4) is 0 Å². The highest BCUT2D eigenvalue weighted by Crippen LogP contribution is 2.24. The van der Waals surface area contributed by atoms with Gasteiger partial charge in [0.25, 0.3) is 0 Å². The third kappa shape index (κ3) is 3.96. The van der Waals surface area contributed by atoms with Crippen LogP contribution in [0, 0.1) is 5.92 Å². The van der Waals surface area contributed by atoms with Gasteiger partial charge in [0, 0.05) is 19.0 Å². The SMILES string of the molecule is O=C(NC1CC1)C1CCCN1C(=O)CCC1CCCNC1. The Labute approximate surface area is 126 Å². The summed E-state index contributed by atoms with van der Waals surface area (Å²) < 4.78 is 0. The molecule has 0 aromatic carbocycles. The van der Waals surface area contributed by atoms with Crippen LogP contribution in [-0.4, -0.2) is 48.4 Å². The molecule has 5 nitrogen and oxygen atoms in total. The lowest BCUT2D eigenvalue weighted by atomic mass is 9.94. The van der Waals surface area contributed by atoms with Crippen LogP contribution >= 0.6 is 0 Å². The molecule has 3 fully saturated rings. The molecule has 2 aliphatic heterocycles. The van der Waals surface area contributed by atoms with Gasteiger partial charge in [-0.3, -0.25) is 9.59 Å². The molecule has 2 heterocycles. The van der Waals surface area contributed by atoms with E-state index in [1.165, 1.54) is 12.8 Å². The summed E-state index contributed by atoms with van der Waals surface area (Å²) in [7, 11) is 0. The molecule has 2 saturated heterocycles. The summed E-state index contributed by atoms with van der Waals surface area (Å²) in [5, 5.41) is 6.44. The van der Waals surface area contributed by atoms with Crippen molar-refractivity contribution in [1.82, 2.24) is 15.5 Å². The molecule has 3 rings (SSSR count). The van der Waals surface area contributed by atoms with E-state index in [0.29, 0.717) is 18.4 Å². The van der Waals surface area contributed by atoms with E-state index in [9.17, 15) is 9.59 Å². The third-order valence-corrected chi connectivity index (χ3v) is 4.96. The average molecular weight is 293 g/mol. The highest BCUT2D eigenvalue weighted by Gasteiger charge is 2.36. The molecule has 5 heteroatoms. The van der Waals surface area contributed by atoms with Gasteiger partial charge in [0.1, 0.15) is 6.04 Å². The highest BCUT2D eigenvalue weighted by molar-refractivity contribution is 5.88. The van der Waals surface area contributed by atoms with E-state index >= 15 is 0 Å². The number of nitrogens with zero attached hydrogens (tertiary/aromatic N) is 1. The van der Waals surface area contributed by atoms with Gasteiger partial charge in [0.15, 0.2) is 0 Å². The van der Waals surface area contributed by atoms with Crippen molar-refractivity contribution < 1.29 is 9.59 Å². The second kappa shape index (κ2) is 6.77. The minimum atomic E-state index is -0.206.